The van der Waals surface area contributed by atoms with Crippen molar-refractivity contribution in [2.75, 3.05) is 20.7 Å². The first kappa shape index (κ1) is 22.3. The minimum Gasteiger partial charge on any atom is -0.497 e. The number of halogens is 1. The molecular formula is C19H30IN5O. The van der Waals surface area contributed by atoms with Crippen LogP contribution in [0, 0.1) is 5.92 Å². The Kier molecular flexibility index (Phi) is 10.1. The molecule has 0 aliphatic heterocycles. The second kappa shape index (κ2) is 11.8. The number of guanidine groups is 1. The summed E-state index contributed by atoms with van der Waals surface area (Å²) >= 11 is 0. The summed E-state index contributed by atoms with van der Waals surface area (Å²) in [5.41, 5.74) is 1.26. The van der Waals surface area contributed by atoms with E-state index in [-0.39, 0.29) is 24.0 Å². The van der Waals surface area contributed by atoms with E-state index in [0.717, 1.165) is 37.0 Å². The maximum atomic E-state index is 5.18. The van der Waals surface area contributed by atoms with Crippen molar-refractivity contribution in [3.05, 3.63) is 48.0 Å². The van der Waals surface area contributed by atoms with Crippen molar-refractivity contribution in [3.8, 4) is 5.75 Å². The maximum Gasteiger partial charge on any atom is 0.191 e. The van der Waals surface area contributed by atoms with E-state index in [2.05, 4.69) is 51.2 Å². The van der Waals surface area contributed by atoms with Gasteiger partial charge in [0.25, 0.3) is 0 Å². The smallest absolute Gasteiger partial charge is 0.191 e. The van der Waals surface area contributed by atoms with Crippen molar-refractivity contribution in [3.63, 3.8) is 0 Å². The summed E-state index contributed by atoms with van der Waals surface area (Å²) in [6, 6.07) is 8.13. The Balaban J connectivity index is 0.00000338. The zero-order valence-corrected chi connectivity index (χ0v) is 18.4. The van der Waals surface area contributed by atoms with Gasteiger partial charge in [0.05, 0.1) is 13.7 Å². The largest absolute Gasteiger partial charge is 0.497 e. The van der Waals surface area contributed by atoms with Crippen LogP contribution in [0.5, 0.6) is 5.75 Å². The molecule has 1 heterocycles. The molecule has 0 saturated heterocycles. The second-order valence-electron chi connectivity index (χ2n) is 6.34. The van der Waals surface area contributed by atoms with Crippen LogP contribution in [0.4, 0.5) is 0 Å². The predicted octanol–water partition coefficient (Wildman–Crippen LogP) is 3.07. The van der Waals surface area contributed by atoms with Crippen molar-refractivity contribution in [2.45, 2.75) is 33.4 Å². The molecule has 0 bridgehead atoms. The highest BCUT2D eigenvalue weighted by Gasteiger charge is 2.06. The number of ether oxygens (including phenoxy) is 1. The third kappa shape index (κ3) is 7.23. The van der Waals surface area contributed by atoms with Crippen LogP contribution in [0.25, 0.3) is 0 Å². The van der Waals surface area contributed by atoms with Crippen LogP contribution in [0.1, 0.15) is 25.2 Å². The summed E-state index contributed by atoms with van der Waals surface area (Å²) in [5.74, 6) is 3.28. The Morgan fingerprint density at radius 1 is 1.23 bits per heavy atom. The van der Waals surface area contributed by atoms with Gasteiger partial charge < -0.3 is 19.9 Å². The van der Waals surface area contributed by atoms with Crippen molar-refractivity contribution in [1.29, 1.82) is 0 Å². The molecule has 144 valence electrons. The average Bonchev–Trinajstić information content (AvgIpc) is 3.04. The Morgan fingerprint density at radius 3 is 2.58 bits per heavy atom. The Bertz CT molecular complexity index is 667. The van der Waals surface area contributed by atoms with Crippen LogP contribution in [0.2, 0.25) is 0 Å². The molecule has 0 radical (unpaired) electrons. The lowest BCUT2D eigenvalue weighted by Gasteiger charge is -2.14. The van der Waals surface area contributed by atoms with Gasteiger partial charge in [-0.15, -0.1) is 24.0 Å². The summed E-state index contributed by atoms with van der Waals surface area (Å²) in [6.07, 6.45) is 4.79. The second-order valence-corrected chi connectivity index (χ2v) is 6.34. The van der Waals surface area contributed by atoms with E-state index in [9.17, 15) is 0 Å². The van der Waals surface area contributed by atoms with E-state index in [1.165, 1.54) is 5.56 Å². The molecule has 0 atom stereocenters. The molecule has 2 rings (SSSR count). The van der Waals surface area contributed by atoms with E-state index < -0.39 is 0 Å². The number of rotatable bonds is 8. The standard InChI is InChI=1S/C19H29N5O.HI/c1-15(2)14-24-12-11-21-18(24)13-23-19(20-3)22-10-9-16-5-7-17(25-4)8-6-16;/h5-8,11-12,15H,9-10,13-14H2,1-4H3,(H2,20,22,23);1H. The molecule has 6 nitrogen and oxygen atoms in total. The summed E-state index contributed by atoms with van der Waals surface area (Å²) in [5, 5.41) is 6.67. The third-order valence-electron chi connectivity index (χ3n) is 3.87. The fraction of sp³-hybridized carbons (Fsp3) is 0.474. The van der Waals surface area contributed by atoms with Gasteiger partial charge >= 0.3 is 0 Å². The van der Waals surface area contributed by atoms with Gasteiger partial charge in [-0.3, -0.25) is 4.99 Å². The van der Waals surface area contributed by atoms with Gasteiger partial charge in [0.1, 0.15) is 11.6 Å². The first-order chi connectivity index (χ1) is 12.1. The highest BCUT2D eigenvalue weighted by molar-refractivity contribution is 14.0. The molecule has 2 aromatic rings. The zero-order chi connectivity index (χ0) is 18.1. The molecule has 2 N–H and O–H groups in total. The Hall–Kier alpha value is -1.77. The Morgan fingerprint density at radius 2 is 1.96 bits per heavy atom. The summed E-state index contributed by atoms with van der Waals surface area (Å²) < 4.78 is 7.36. The topological polar surface area (TPSA) is 63.5 Å². The molecular weight excluding hydrogens is 441 g/mol. The van der Waals surface area contributed by atoms with E-state index in [1.54, 1.807) is 14.2 Å². The number of methoxy groups -OCH3 is 1. The average molecular weight is 471 g/mol. The number of imidazole rings is 1. The number of aromatic nitrogens is 2. The fourth-order valence-electron chi connectivity index (χ4n) is 2.57. The molecule has 26 heavy (non-hydrogen) atoms. The molecule has 0 fully saturated rings. The molecule has 0 unspecified atom stereocenters. The highest BCUT2D eigenvalue weighted by Crippen LogP contribution is 2.11. The number of nitrogens with one attached hydrogen (secondary N) is 2. The number of hydrogen-bond donors (Lipinski definition) is 2. The third-order valence-corrected chi connectivity index (χ3v) is 3.87. The van der Waals surface area contributed by atoms with Gasteiger partial charge in [0, 0.05) is 32.5 Å². The zero-order valence-electron chi connectivity index (χ0n) is 16.0. The van der Waals surface area contributed by atoms with Crippen LogP contribution >= 0.6 is 24.0 Å². The molecule has 0 aliphatic rings. The molecule has 7 heteroatoms. The fourth-order valence-corrected chi connectivity index (χ4v) is 2.57. The molecule has 0 spiro atoms. The van der Waals surface area contributed by atoms with Gasteiger partial charge in [0.15, 0.2) is 5.96 Å². The highest BCUT2D eigenvalue weighted by atomic mass is 127. The predicted molar refractivity (Wildman–Crippen MR) is 117 cm³/mol. The van der Waals surface area contributed by atoms with E-state index in [4.69, 9.17) is 4.74 Å². The molecule has 0 amide bonds. The van der Waals surface area contributed by atoms with Crippen LogP contribution < -0.4 is 15.4 Å². The van der Waals surface area contributed by atoms with Gasteiger partial charge in [-0.25, -0.2) is 4.98 Å². The lowest BCUT2D eigenvalue weighted by molar-refractivity contribution is 0.414. The summed E-state index contributed by atoms with van der Waals surface area (Å²) in [4.78, 5) is 8.70. The molecule has 0 saturated carbocycles. The SMILES string of the molecule is CN=C(NCCc1ccc(OC)cc1)NCc1nccn1CC(C)C.I. The monoisotopic (exact) mass is 471 g/mol. The molecule has 1 aromatic carbocycles. The lowest BCUT2D eigenvalue weighted by atomic mass is 10.1. The van der Waals surface area contributed by atoms with Crippen molar-refractivity contribution in [2.24, 2.45) is 10.9 Å². The number of hydrogen-bond acceptors (Lipinski definition) is 3. The van der Waals surface area contributed by atoms with E-state index in [1.807, 2.05) is 24.5 Å². The minimum atomic E-state index is 0. The van der Waals surface area contributed by atoms with Gasteiger partial charge in [-0.05, 0) is 30.0 Å². The first-order valence-electron chi connectivity index (χ1n) is 8.69. The molecule has 0 aliphatic carbocycles. The number of aliphatic imine (C=N–C) groups is 1. The minimum absolute atomic E-state index is 0. The van der Waals surface area contributed by atoms with Gasteiger partial charge in [-0.2, -0.15) is 0 Å². The quantitative estimate of drug-likeness (QED) is 0.353. The van der Waals surface area contributed by atoms with Crippen LogP contribution in [0.15, 0.2) is 41.7 Å². The van der Waals surface area contributed by atoms with Crippen molar-refractivity contribution in [1.82, 2.24) is 20.2 Å². The van der Waals surface area contributed by atoms with Crippen LogP contribution in [-0.2, 0) is 19.5 Å². The van der Waals surface area contributed by atoms with Gasteiger partial charge in [0.2, 0.25) is 0 Å². The summed E-state index contributed by atoms with van der Waals surface area (Å²) in [6.45, 7) is 6.85. The van der Waals surface area contributed by atoms with Crippen LogP contribution in [0.3, 0.4) is 0 Å². The van der Waals surface area contributed by atoms with Gasteiger partial charge in [-0.1, -0.05) is 26.0 Å². The van der Waals surface area contributed by atoms with Crippen molar-refractivity contribution < 1.29 is 4.74 Å². The molecule has 1 aromatic heterocycles. The lowest BCUT2D eigenvalue weighted by Crippen LogP contribution is -2.38. The number of benzene rings is 1. The van der Waals surface area contributed by atoms with Crippen LogP contribution in [-0.4, -0.2) is 36.2 Å². The van der Waals surface area contributed by atoms with Crippen molar-refractivity contribution >= 4 is 29.9 Å². The maximum absolute atomic E-state index is 5.18. The normalized spacial score (nSPS) is 11.2. The summed E-state index contributed by atoms with van der Waals surface area (Å²) in [7, 11) is 3.46. The Labute approximate surface area is 173 Å². The number of nitrogens with zero attached hydrogens (tertiary/aromatic N) is 3. The van der Waals surface area contributed by atoms with E-state index in [0.29, 0.717) is 12.5 Å². The first-order valence-corrected chi connectivity index (χ1v) is 8.69. The van der Waals surface area contributed by atoms with E-state index >= 15 is 0 Å².